The molecule has 0 bridgehead atoms. The lowest BCUT2D eigenvalue weighted by Crippen LogP contribution is -2.01. The van der Waals surface area contributed by atoms with Crippen molar-refractivity contribution in [1.29, 1.82) is 0 Å². The fourth-order valence-electron chi connectivity index (χ4n) is 1.58. The quantitative estimate of drug-likeness (QED) is 0.872. The summed E-state index contributed by atoms with van der Waals surface area (Å²) in [4.78, 5) is -0.0121. The van der Waals surface area contributed by atoms with E-state index in [2.05, 4.69) is 0 Å². The summed E-state index contributed by atoms with van der Waals surface area (Å²) in [6.45, 7) is 1.86. The highest BCUT2D eigenvalue weighted by Crippen LogP contribution is 2.28. The van der Waals surface area contributed by atoms with E-state index in [1.165, 1.54) is 12.1 Å². The molecule has 0 fully saturated rings. The number of aromatic hydroxyl groups is 2. The predicted molar refractivity (Wildman–Crippen MR) is 66.4 cm³/mol. The molecule has 0 saturated heterocycles. The van der Waals surface area contributed by atoms with Crippen molar-refractivity contribution in [3.05, 3.63) is 48.0 Å². The first kappa shape index (κ1) is 12.4. The number of phenols is 2. The summed E-state index contributed by atoms with van der Waals surface area (Å²) in [6.07, 6.45) is 0. The molecule has 94 valence electrons. The van der Waals surface area contributed by atoms with Crippen molar-refractivity contribution in [3.8, 4) is 11.5 Å². The minimum atomic E-state index is -3.72. The van der Waals surface area contributed by atoms with Gasteiger partial charge in [0.1, 0.15) is 11.5 Å². The lowest BCUT2D eigenvalue weighted by molar-refractivity contribution is 0.447. The van der Waals surface area contributed by atoms with Crippen LogP contribution >= 0.6 is 0 Å². The monoisotopic (exact) mass is 264 g/mol. The molecule has 2 aromatic carbocycles. The lowest BCUT2D eigenvalue weighted by atomic mass is 10.2. The summed E-state index contributed by atoms with van der Waals surface area (Å²) in [5.74, 6) is -0.582. The van der Waals surface area contributed by atoms with Gasteiger partial charge in [0.2, 0.25) is 9.84 Å². The second-order valence-electron chi connectivity index (χ2n) is 4.00. The lowest BCUT2D eigenvalue weighted by Gasteiger charge is -2.06. The van der Waals surface area contributed by atoms with E-state index in [4.69, 9.17) is 0 Å². The summed E-state index contributed by atoms with van der Waals surface area (Å²) >= 11 is 0. The number of sulfone groups is 1. The smallest absolute Gasteiger partial charge is 0.206 e. The summed E-state index contributed by atoms with van der Waals surface area (Å²) in [6, 6.07) is 9.65. The van der Waals surface area contributed by atoms with Crippen LogP contribution in [0.4, 0.5) is 0 Å². The van der Waals surface area contributed by atoms with E-state index in [1.54, 1.807) is 12.1 Å². The third-order valence-electron chi connectivity index (χ3n) is 2.52. The van der Waals surface area contributed by atoms with Gasteiger partial charge in [-0.25, -0.2) is 8.42 Å². The number of hydrogen-bond donors (Lipinski definition) is 2. The molecule has 0 aromatic heterocycles. The number of phenolic OH excluding ortho intramolecular Hbond substituents is 2. The Morgan fingerprint density at radius 1 is 0.833 bits per heavy atom. The average Bonchev–Trinajstić information content (AvgIpc) is 2.28. The van der Waals surface area contributed by atoms with Gasteiger partial charge in [0, 0.05) is 6.07 Å². The van der Waals surface area contributed by atoms with Crippen molar-refractivity contribution in [2.75, 3.05) is 0 Å². The molecule has 5 heteroatoms. The molecule has 0 aliphatic rings. The van der Waals surface area contributed by atoms with E-state index < -0.39 is 9.84 Å². The van der Waals surface area contributed by atoms with Gasteiger partial charge in [0.25, 0.3) is 0 Å². The maximum Gasteiger partial charge on any atom is 0.206 e. The van der Waals surface area contributed by atoms with Crippen LogP contribution in [-0.2, 0) is 9.84 Å². The molecular formula is C13H12O4S. The second kappa shape index (κ2) is 4.34. The fraction of sp³-hybridized carbons (Fsp3) is 0.0769. The van der Waals surface area contributed by atoms with Crippen LogP contribution in [0.25, 0.3) is 0 Å². The summed E-state index contributed by atoms with van der Waals surface area (Å²) in [5, 5.41) is 18.6. The van der Waals surface area contributed by atoms with Crippen LogP contribution in [0.3, 0.4) is 0 Å². The van der Waals surface area contributed by atoms with Crippen LogP contribution in [0.5, 0.6) is 11.5 Å². The number of benzene rings is 2. The molecule has 18 heavy (non-hydrogen) atoms. The normalized spacial score (nSPS) is 11.4. The number of rotatable bonds is 2. The van der Waals surface area contributed by atoms with Crippen LogP contribution < -0.4 is 0 Å². The molecule has 2 N–H and O–H groups in total. The first-order valence-corrected chi connectivity index (χ1v) is 6.73. The second-order valence-corrected chi connectivity index (χ2v) is 5.95. The fourth-order valence-corrected chi connectivity index (χ4v) is 2.90. The molecule has 0 spiro atoms. The Labute approximate surface area is 105 Å². The Kier molecular flexibility index (Phi) is 3.00. The maximum absolute atomic E-state index is 12.2. The van der Waals surface area contributed by atoms with Gasteiger partial charge >= 0.3 is 0 Å². The summed E-state index contributed by atoms with van der Waals surface area (Å²) < 4.78 is 24.5. The zero-order valence-corrected chi connectivity index (χ0v) is 10.5. The van der Waals surface area contributed by atoms with E-state index in [1.807, 2.05) is 6.92 Å². The summed E-state index contributed by atoms with van der Waals surface area (Å²) in [7, 11) is -3.72. The molecule has 0 aliphatic carbocycles. The SMILES string of the molecule is Cc1ccc(S(=O)(=O)c2cc(O)cc(O)c2)cc1. The van der Waals surface area contributed by atoms with Gasteiger partial charge in [-0.05, 0) is 31.2 Å². The van der Waals surface area contributed by atoms with Crippen molar-refractivity contribution < 1.29 is 18.6 Å². The third kappa shape index (κ3) is 2.31. The first-order chi connectivity index (χ1) is 8.39. The van der Waals surface area contributed by atoms with Crippen LogP contribution in [0.1, 0.15) is 5.56 Å². The Bertz CT molecular complexity index is 652. The van der Waals surface area contributed by atoms with E-state index in [-0.39, 0.29) is 21.3 Å². The van der Waals surface area contributed by atoms with Crippen molar-refractivity contribution in [2.24, 2.45) is 0 Å². The number of hydrogen-bond acceptors (Lipinski definition) is 4. The van der Waals surface area contributed by atoms with E-state index in [0.717, 1.165) is 23.8 Å². The number of aryl methyl sites for hydroxylation is 1. The van der Waals surface area contributed by atoms with Crippen LogP contribution in [0.2, 0.25) is 0 Å². The minimum Gasteiger partial charge on any atom is -0.508 e. The Hall–Kier alpha value is -2.01. The highest BCUT2D eigenvalue weighted by Gasteiger charge is 2.18. The largest absolute Gasteiger partial charge is 0.508 e. The molecule has 0 saturated carbocycles. The van der Waals surface area contributed by atoms with Gasteiger partial charge in [-0.1, -0.05) is 17.7 Å². The molecule has 0 amide bonds. The van der Waals surface area contributed by atoms with Gasteiger partial charge in [0.05, 0.1) is 9.79 Å². The molecule has 4 nitrogen and oxygen atoms in total. The van der Waals surface area contributed by atoms with Crippen LogP contribution in [0, 0.1) is 6.92 Å². The topological polar surface area (TPSA) is 74.6 Å². The van der Waals surface area contributed by atoms with Crippen LogP contribution in [-0.4, -0.2) is 18.6 Å². The molecule has 0 heterocycles. The van der Waals surface area contributed by atoms with E-state index >= 15 is 0 Å². The van der Waals surface area contributed by atoms with Crippen LogP contribution in [0.15, 0.2) is 52.3 Å². The minimum absolute atomic E-state index is 0.123. The van der Waals surface area contributed by atoms with Gasteiger partial charge in [-0.15, -0.1) is 0 Å². The average molecular weight is 264 g/mol. The molecule has 0 atom stereocenters. The Morgan fingerprint density at radius 3 is 1.83 bits per heavy atom. The molecule has 2 aromatic rings. The van der Waals surface area contributed by atoms with Gasteiger partial charge < -0.3 is 10.2 Å². The van der Waals surface area contributed by atoms with Crippen molar-refractivity contribution in [3.63, 3.8) is 0 Å². The predicted octanol–water partition coefficient (Wildman–Crippen LogP) is 2.24. The molecule has 0 aliphatic heterocycles. The summed E-state index contributed by atoms with van der Waals surface area (Å²) in [5.41, 5.74) is 0.952. The molecule has 2 rings (SSSR count). The standard InChI is InChI=1S/C13H12O4S/c1-9-2-4-12(5-3-9)18(16,17)13-7-10(14)6-11(15)8-13/h2-8,14-15H,1H3. The van der Waals surface area contributed by atoms with Gasteiger partial charge in [-0.3, -0.25) is 0 Å². The van der Waals surface area contributed by atoms with Gasteiger partial charge in [-0.2, -0.15) is 0 Å². The maximum atomic E-state index is 12.2. The zero-order chi connectivity index (χ0) is 13.3. The van der Waals surface area contributed by atoms with Crippen molar-refractivity contribution in [2.45, 2.75) is 16.7 Å². The highest BCUT2D eigenvalue weighted by atomic mass is 32.2. The third-order valence-corrected chi connectivity index (χ3v) is 4.27. The Morgan fingerprint density at radius 2 is 1.33 bits per heavy atom. The Balaban J connectivity index is 2.57. The molecule has 0 unspecified atom stereocenters. The van der Waals surface area contributed by atoms with E-state index in [9.17, 15) is 18.6 Å². The molecular weight excluding hydrogens is 252 g/mol. The molecule has 0 radical (unpaired) electrons. The van der Waals surface area contributed by atoms with Gasteiger partial charge in [0.15, 0.2) is 0 Å². The highest BCUT2D eigenvalue weighted by molar-refractivity contribution is 7.91. The van der Waals surface area contributed by atoms with E-state index in [0.29, 0.717) is 0 Å². The van der Waals surface area contributed by atoms with Crippen molar-refractivity contribution in [1.82, 2.24) is 0 Å². The van der Waals surface area contributed by atoms with Crippen molar-refractivity contribution >= 4 is 9.84 Å². The first-order valence-electron chi connectivity index (χ1n) is 5.24. The zero-order valence-electron chi connectivity index (χ0n) is 9.66.